The van der Waals surface area contributed by atoms with Gasteiger partial charge in [0.2, 0.25) is 0 Å². The summed E-state index contributed by atoms with van der Waals surface area (Å²) in [4.78, 5) is 0. The fourth-order valence-electron chi connectivity index (χ4n) is 3.20. The van der Waals surface area contributed by atoms with E-state index in [1.54, 1.807) is 0 Å². The highest BCUT2D eigenvalue weighted by molar-refractivity contribution is 5.05. The van der Waals surface area contributed by atoms with E-state index in [2.05, 4.69) is 24.7 Å². The van der Waals surface area contributed by atoms with Crippen LogP contribution in [0.15, 0.2) is 0 Å². The average molecular weight is 212 g/mol. The SMILES string of the molecule is CNCC1(C(NC)C2CCOCC2)CC1. The first kappa shape index (κ1) is 11.4. The van der Waals surface area contributed by atoms with Gasteiger partial charge < -0.3 is 15.4 Å². The molecule has 0 spiro atoms. The third kappa shape index (κ3) is 2.35. The van der Waals surface area contributed by atoms with Gasteiger partial charge in [0.15, 0.2) is 0 Å². The minimum atomic E-state index is 0.547. The molecule has 0 aromatic rings. The van der Waals surface area contributed by atoms with E-state index in [0.29, 0.717) is 11.5 Å². The largest absolute Gasteiger partial charge is 0.381 e. The third-order valence-electron chi connectivity index (χ3n) is 4.13. The number of nitrogens with one attached hydrogen (secondary N) is 2. The van der Waals surface area contributed by atoms with Crippen molar-refractivity contribution in [2.75, 3.05) is 33.9 Å². The van der Waals surface area contributed by atoms with Gasteiger partial charge in [-0.25, -0.2) is 0 Å². The monoisotopic (exact) mass is 212 g/mol. The standard InChI is InChI=1S/C12H24N2O/c1-13-9-12(5-6-12)11(14-2)10-3-7-15-8-4-10/h10-11,13-14H,3-9H2,1-2H3. The van der Waals surface area contributed by atoms with Crippen molar-refractivity contribution < 1.29 is 4.74 Å². The van der Waals surface area contributed by atoms with Crippen LogP contribution in [-0.2, 0) is 4.74 Å². The summed E-state index contributed by atoms with van der Waals surface area (Å²) in [5.74, 6) is 0.819. The minimum Gasteiger partial charge on any atom is -0.381 e. The molecule has 1 saturated carbocycles. The van der Waals surface area contributed by atoms with Crippen LogP contribution in [0.1, 0.15) is 25.7 Å². The van der Waals surface area contributed by atoms with Gasteiger partial charge in [0.1, 0.15) is 0 Å². The first-order chi connectivity index (χ1) is 7.32. The summed E-state index contributed by atoms with van der Waals surface area (Å²) in [5, 5.41) is 6.92. The Morgan fingerprint density at radius 1 is 1.27 bits per heavy atom. The van der Waals surface area contributed by atoms with Gasteiger partial charge in [0.25, 0.3) is 0 Å². The van der Waals surface area contributed by atoms with E-state index in [1.165, 1.54) is 25.7 Å². The maximum Gasteiger partial charge on any atom is 0.0469 e. The molecule has 1 aliphatic heterocycles. The summed E-state index contributed by atoms with van der Waals surface area (Å²) in [7, 11) is 4.19. The summed E-state index contributed by atoms with van der Waals surface area (Å²) < 4.78 is 5.44. The van der Waals surface area contributed by atoms with E-state index >= 15 is 0 Å². The zero-order valence-corrected chi connectivity index (χ0v) is 10.0. The lowest BCUT2D eigenvalue weighted by molar-refractivity contribution is 0.0430. The van der Waals surface area contributed by atoms with E-state index < -0.39 is 0 Å². The molecule has 2 aliphatic rings. The van der Waals surface area contributed by atoms with Crippen LogP contribution >= 0.6 is 0 Å². The average Bonchev–Trinajstić information content (AvgIpc) is 3.02. The molecule has 15 heavy (non-hydrogen) atoms. The van der Waals surface area contributed by atoms with Crippen LogP contribution in [0.25, 0.3) is 0 Å². The minimum absolute atomic E-state index is 0.547. The van der Waals surface area contributed by atoms with Crippen molar-refractivity contribution in [1.82, 2.24) is 10.6 Å². The van der Waals surface area contributed by atoms with Crippen LogP contribution in [0.3, 0.4) is 0 Å². The number of hydrogen-bond donors (Lipinski definition) is 2. The van der Waals surface area contributed by atoms with Crippen molar-refractivity contribution in [2.45, 2.75) is 31.7 Å². The second-order valence-corrected chi connectivity index (χ2v) is 5.11. The van der Waals surface area contributed by atoms with Crippen LogP contribution in [0.5, 0.6) is 0 Å². The van der Waals surface area contributed by atoms with Gasteiger partial charge in [-0.15, -0.1) is 0 Å². The molecule has 3 nitrogen and oxygen atoms in total. The summed E-state index contributed by atoms with van der Waals surface area (Å²) in [6.45, 7) is 3.08. The van der Waals surface area contributed by atoms with E-state index in [0.717, 1.165) is 25.7 Å². The van der Waals surface area contributed by atoms with E-state index in [-0.39, 0.29) is 0 Å². The first-order valence-electron chi connectivity index (χ1n) is 6.22. The highest BCUT2D eigenvalue weighted by atomic mass is 16.5. The highest BCUT2D eigenvalue weighted by Crippen LogP contribution is 2.51. The number of rotatable bonds is 5. The molecule has 0 aromatic carbocycles. The lowest BCUT2D eigenvalue weighted by Crippen LogP contribution is -2.47. The van der Waals surface area contributed by atoms with Gasteiger partial charge in [-0.1, -0.05) is 0 Å². The van der Waals surface area contributed by atoms with Gasteiger partial charge in [-0.3, -0.25) is 0 Å². The molecule has 1 aliphatic carbocycles. The molecular formula is C12H24N2O. The molecule has 1 saturated heterocycles. The highest BCUT2D eigenvalue weighted by Gasteiger charge is 2.50. The summed E-state index contributed by atoms with van der Waals surface area (Å²) in [6, 6.07) is 0.689. The molecule has 2 N–H and O–H groups in total. The molecule has 0 amide bonds. The van der Waals surface area contributed by atoms with Crippen LogP contribution in [0.2, 0.25) is 0 Å². The molecule has 0 aromatic heterocycles. The predicted octanol–water partition coefficient (Wildman–Crippen LogP) is 1.00. The molecule has 0 bridgehead atoms. The van der Waals surface area contributed by atoms with Crippen LogP contribution in [0, 0.1) is 11.3 Å². The fourth-order valence-corrected chi connectivity index (χ4v) is 3.20. The summed E-state index contributed by atoms with van der Waals surface area (Å²) >= 11 is 0. The predicted molar refractivity (Wildman–Crippen MR) is 62.0 cm³/mol. The van der Waals surface area contributed by atoms with Crippen molar-refractivity contribution in [3.63, 3.8) is 0 Å². The molecule has 1 heterocycles. The van der Waals surface area contributed by atoms with Gasteiger partial charge >= 0.3 is 0 Å². The Balaban J connectivity index is 1.96. The van der Waals surface area contributed by atoms with E-state index in [1.807, 2.05) is 0 Å². The molecular weight excluding hydrogens is 188 g/mol. The van der Waals surface area contributed by atoms with Crippen molar-refractivity contribution in [3.8, 4) is 0 Å². The van der Waals surface area contributed by atoms with Crippen LogP contribution in [0.4, 0.5) is 0 Å². The Bertz CT molecular complexity index is 198. The van der Waals surface area contributed by atoms with Crippen molar-refractivity contribution in [1.29, 1.82) is 0 Å². The van der Waals surface area contributed by atoms with Gasteiger partial charge in [0.05, 0.1) is 0 Å². The summed E-state index contributed by atoms with van der Waals surface area (Å²) in [5.41, 5.74) is 0.547. The molecule has 2 rings (SSSR count). The Morgan fingerprint density at radius 2 is 1.93 bits per heavy atom. The second kappa shape index (κ2) is 4.81. The fraction of sp³-hybridized carbons (Fsp3) is 1.00. The maximum absolute atomic E-state index is 5.44. The molecule has 88 valence electrons. The Morgan fingerprint density at radius 3 is 2.40 bits per heavy atom. The van der Waals surface area contributed by atoms with Gasteiger partial charge in [0, 0.05) is 25.8 Å². The normalized spacial score (nSPS) is 27.6. The topological polar surface area (TPSA) is 33.3 Å². The molecule has 1 unspecified atom stereocenters. The Hall–Kier alpha value is -0.120. The number of ether oxygens (including phenoxy) is 1. The lowest BCUT2D eigenvalue weighted by Gasteiger charge is -2.36. The third-order valence-corrected chi connectivity index (χ3v) is 4.13. The number of hydrogen-bond acceptors (Lipinski definition) is 3. The zero-order chi connectivity index (χ0) is 10.7. The van der Waals surface area contributed by atoms with Gasteiger partial charge in [-0.05, 0) is 51.1 Å². The Labute approximate surface area is 93.0 Å². The van der Waals surface area contributed by atoms with E-state index in [4.69, 9.17) is 4.74 Å². The second-order valence-electron chi connectivity index (χ2n) is 5.11. The first-order valence-corrected chi connectivity index (χ1v) is 6.22. The summed E-state index contributed by atoms with van der Waals surface area (Å²) in [6.07, 6.45) is 5.24. The van der Waals surface area contributed by atoms with E-state index in [9.17, 15) is 0 Å². The van der Waals surface area contributed by atoms with Crippen LogP contribution < -0.4 is 10.6 Å². The van der Waals surface area contributed by atoms with Crippen molar-refractivity contribution in [2.24, 2.45) is 11.3 Å². The lowest BCUT2D eigenvalue weighted by atomic mass is 9.81. The van der Waals surface area contributed by atoms with Gasteiger partial charge in [-0.2, -0.15) is 0 Å². The smallest absolute Gasteiger partial charge is 0.0469 e. The zero-order valence-electron chi connectivity index (χ0n) is 10.0. The van der Waals surface area contributed by atoms with Crippen molar-refractivity contribution in [3.05, 3.63) is 0 Å². The Kier molecular flexibility index (Phi) is 3.65. The maximum atomic E-state index is 5.44. The molecule has 2 fully saturated rings. The molecule has 1 atom stereocenters. The van der Waals surface area contributed by atoms with Crippen molar-refractivity contribution >= 4 is 0 Å². The molecule has 0 radical (unpaired) electrons. The quantitative estimate of drug-likeness (QED) is 0.713. The molecule has 3 heteroatoms. The van der Waals surface area contributed by atoms with Crippen LogP contribution in [-0.4, -0.2) is 39.9 Å².